The second-order valence-corrected chi connectivity index (χ2v) is 5.02. The van der Waals surface area contributed by atoms with Gasteiger partial charge in [-0.2, -0.15) is 5.10 Å². The molecule has 92 valence electrons. The zero-order chi connectivity index (χ0) is 13.1. The molecule has 0 radical (unpaired) electrons. The van der Waals surface area contributed by atoms with Crippen molar-refractivity contribution in [3.8, 4) is 11.6 Å². The molecule has 0 amide bonds. The van der Waals surface area contributed by atoms with Gasteiger partial charge in [0, 0.05) is 5.02 Å². The number of nitrogens with two attached hydrogens (primary N) is 1. The maximum absolute atomic E-state index is 5.85. The smallest absolute Gasteiger partial charge is 0.249 e. The van der Waals surface area contributed by atoms with Crippen molar-refractivity contribution in [3.63, 3.8) is 0 Å². The van der Waals surface area contributed by atoms with Gasteiger partial charge >= 0.3 is 0 Å². The topological polar surface area (TPSA) is 61.0 Å². The fraction of sp³-hybridized carbons (Fsp3) is 0. The molecule has 2 rings (SSSR count). The van der Waals surface area contributed by atoms with E-state index in [2.05, 4.69) is 26.1 Å². The van der Waals surface area contributed by atoms with Gasteiger partial charge in [0.1, 0.15) is 10.7 Å². The van der Waals surface area contributed by atoms with Crippen LogP contribution in [0.4, 0.5) is 0 Å². The highest BCUT2D eigenvalue weighted by atomic mass is 79.9. The van der Waals surface area contributed by atoms with Gasteiger partial charge in [0.05, 0.1) is 16.2 Å². The second kappa shape index (κ2) is 5.60. The van der Waals surface area contributed by atoms with Crippen molar-refractivity contribution in [3.05, 3.63) is 45.5 Å². The minimum atomic E-state index is 0.199. The largest absolute Gasteiger partial charge is 0.436 e. The van der Waals surface area contributed by atoms with Crippen LogP contribution in [0.5, 0.6) is 11.6 Å². The van der Waals surface area contributed by atoms with E-state index in [1.807, 2.05) is 0 Å². The summed E-state index contributed by atoms with van der Waals surface area (Å²) in [5.74, 6) is 0.811. The Morgan fingerprint density at radius 3 is 2.83 bits per heavy atom. The third kappa shape index (κ3) is 2.95. The second-order valence-electron chi connectivity index (χ2n) is 3.29. The first-order chi connectivity index (χ1) is 8.58. The first-order valence-corrected chi connectivity index (χ1v) is 6.40. The van der Waals surface area contributed by atoms with Crippen molar-refractivity contribution in [2.24, 2.45) is 5.73 Å². The molecule has 0 aliphatic rings. The van der Waals surface area contributed by atoms with Crippen LogP contribution in [0.2, 0.25) is 5.02 Å². The molecule has 4 nitrogen and oxygen atoms in total. The molecule has 0 bridgehead atoms. The van der Waals surface area contributed by atoms with Crippen molar-refractivity contribution in [1.29, 1.82) is 0 Å². The molecule has 0 fully saturated rings. The van der Waals surface area contributed by atoms with Crippen molar-refractivity contribution >= 4 is 44.7 Å². The van der Waals surface area contributed by atoms with Crippen LogP contribution in [0, 0.1) is 0 Å². The van der Waals surface area contributed by atoms with Gasteiger partial charge in [0.15, 0.2) is 0 Å². The Morgan fingerprint density at radius 2 is 2.17 bits per heavy atom. The molecule has 2 N–H and O–H groups in total. The summed E-state index contributed by atoms with van der Waals surface area (Å²) in [6.45, 7) is 0. The first kappa shape index (κ1) is 13.2. The van der Waals surface area contributed by atoms with Gasteiger partial charge in [0.25, 0.3) is 0 Å². The molecule has 1 aromatic carbocycles. The standard InChI is InChI=1S/C11H7BrClN3OS/c12-8-5-6(13)1-2-9(8)17-11-7(10(14)18)3-4-15-16-11/h1-5H,(H2,14,18). The molecular weight excluding hydrogens is 338 g/mol. The summed E-state index contributed by atoms with van der Waals surface area (Å²) in [6.07, 6.45) is 1.50. The summed E-state index contributed by atoms with van der Waals surface area (Å²) < 4.78 is 6.31. The molecule has 0 spiro atoms. The minimum Gasteiger partial charge on any atom is -0.436 e. The number of rotatable bonds is 3. The third-order valence-corrected chi connectivity index (χ3v) is 3.13. The Labute approximate surface area is 122 Å². The lowest BCUT2D eigenvalue weighted by Gasteiger charge is -2.09. The highest BCUT2D eigenvalue weighted by Crippen LogP contribution is 2.32. The lowest BCUT2D eigenvalue weighted by atomic mass is 10.3. The number of hydrogen-bond acceptors (Lipinski definition) is 4. The number of nitrogens with zero attached hydrogens (tertiary/aromatic N) is 2. The van der Waals surface area contributed by atoms with Gasteiger partial charge < -0.3 is 10.5 Å². The number of ether oxygens (including phenoxy) is 1. The molecule has 1 heterocycles. The van der Waals surface area contributed by atoms with E-state index in [9.17, 15) is 0 Å². The fourth-order valence-electron chi connectivity index (χ4n) is 1.24. The summed E-state index contributed by atoms with van der Waals surface area (Å²) in [6, 6.07) is 6.78. The fourth-order valence-corrected chi connectivity index (χ4v) is 2.16. The van der Waals surface area contributed by atoms with E-state index in [1.54, 1.807) is 24.3 Å². The Hall–Kier alpha value is -1.24. The van der Waals surface area contributed by atoms with E-state index in [-0.39, 0.29) is 10.9 Å². The quantitative estimate of drug-likeness (QED) is 0.866. The van der Waals surface area contributed by atoms with Gasteiger partial charge in [-0.05, 0) is 40.2 Å². The summed E-state index contributed by atoms with van der Waals surface area (Å²) in [5, 5.41) is 8.20. The highest BCUT2D eigenvalue weighted by molar-refractivity contribution is 9.10. The van der Waals surface area contributed by atoms with Crippen molar-refractivity contribution in [2.75, 3.05) is 0 Å². The molecule has 7 heteroatoms. The van der Waals surface area contributed by atoms with E-state index in [0.29, 0.717) is 20.8 Å². The SMILES string of the molecule is NC(=S)c1ccnnc1Oc1ccc(Cl)cc1Br. The zero-order valence-electron chi connectivity index (χ0n) is 8.93. The molecule has 0 saturated heterocycles. The summed E-state index contributed by atoms with van der Waals surface area (Å²) in [4.78, 5) is 0.199. The molecule has 0 atom stereocenters. The number of benzene rings is 1. The number of halogens is 2. The van der Waals surface area contributed by atoms with Crippen LogP contribution in [-0.2, 0) is 0 Å². The van der Waals surface area contributed by atoms with E-state index in [1.165, 1.54) is 6.20 Å². The van der Waals surface area contributed by atoms with Crippen LogP contribution in [0.15, 0.2) is 34.9 Å². The molecular formula is C11H7BrClN3OS. The predicted octanol–water partition coefficient (Wildman–Crippen LogP) is 3.32. The van der Waals surface area contributed by atoms with Gasteiger partial charge in [-0.15, -0.1) is 5.10 Å². The average molecular weight is 345 g/mol. The Bertz CT molecular complexity index is 609. The lowest BCUT2D eigenvalue weighted by molar-refractivity contribution is 0.451. The monoisotopic (exact) mass is 343 g/mol. The number of thiocarbonyl (C=S) groups is 1. The van der Waals surface area contributed by atoms with E-state index >= 15 is 0 Å². The van der Waals surface area contributed by atoms with Gasteiger partial charge in [-0.1, -0.05) is 23.8 Å². The van der Waals surface area contributed by atoms with Crippen molar-refractivity contribution in [1.82, 2.24) is 10.2 Å². The molecule has 2 aromatic rings. The summed E-state index contributed by atoms with van der Waals surface area (Å²) in [5.41, 5.74) is 6.11. The van der Waals surface area contributed by atoms with Gasteiger partial charge in [-0.25, -0.2) is 0 Å². The highest BCUT2D eigenvalue weighted by Gasteiger charge is 2.11. The first-order valence-electron chi connectivity index (χ1n) is 4.82. The Kier molecular flexibility index (Phi) is 4.11. The third-order valence-electron chi connectivity index (χ3n) is 2.05. The van der Waals surface area contributed by atoms with Gasteiger partial charge in [-0.3, -0.25) is 0 Å². The predicted molar refractivity (Wildman–Crippen MR) is 77.1 cm³/mol. The van der Waals surface area contributed by atoms with Crippen molar-refractivity contribution in [2.45, 2.75) is 0 Å². The van der Waals surface area contributed by atoms with E-state index in [4.69, 9.17) is 34.3 Å². The maximum Gasteiger partial charge on any atom is 0.249 e. The van der Waals surface area contributed by atoms with Crippen LogP contribution in [0.1, 0.15) is 5.56 Å². The number of hydrogen-bond donors (Lipinski definition) is 1. The van der Waals surface area contributed by atoms with Crippen LogP contribution >= 0.6 is 39.7 Å². The van der Waals surface area contributed by atoms with E-state index < -0.39 is 0 Å². The zero-order valence-corrected chi connectivity index (χ0v) is 12.1. The summed E-state index contributed by atoms with van der Waals surface area (Å²) in [7, 11) is 0. The van der Waals surface area contributed by atoms with Crippen LogP contribution < -0.4 is 10.5 Å². The van der Waals surface area contributed by atoms with Crippen LogP contribution in [0.25, 0.3) is 0 Å². The molecule has 0 aliphatic carbocycles. The van der Waals surface area contributed by atoms with Crippen LogP contribution in [-0.4, -0.2) is 15.2 Å². The molecule has 0 aliphatic heterocycles. The minimum absolute atomic E-state index is 0.199. The molecule has 0 saturated carbocycles. The van der Waals surface area contributed by atoms with E-state index in [0.717, 1.165) is 0 Å². The van der Waals surface area contributed by atoms with Crippen molar-refractivity contribution < 1.29 is 4.74 Å². The maximum atomic E-state index is 5.85. The Balaban J connectivity index is 2.37. The van der Waals surface area contributed by atoms with Crippen LogP contribution in [0.3, 0.4) is 0 Å². The normalized spacial score (nSPS) is 10.1. The molecule has 1 aromatic heterocycles. The van der Waals surface area contributed by atoms with Gasteiger partial charge in [0.2, 0.25) is 5.88 Å². The lowest BCUT2D eigenvalue weighted by Crippen LogP contribution is -2.12. The molecule has 18 heavy (non-hydrogen) atoms. The molecule has 0 unspecified atom stereocenters. The number of aromatic nitrogens is 2. The summed E-state index contributed by atoms with van der Waals surface area (Å²) >= 11 is 14.1. The Morgan fingerprint density at radius 1 is 1.39 bits per heavy atom. The average Bonchev–Trinajstić information content (AvgIpc) is 2.33.